The van der Waals surface area contributed by atoms with E-state index in [1.54, 1.807) is 4.52 Å². The van der Waals surface area contributed by atoms with E-state index in [1.807, 2.05) is 17.0 Å². The number of likely N-dealkylation sites (tertiary alicyclic amines) is 1. The Morgan fingerprint density at radius 1 is 1.23 bits per heavy atom. The van der Waals surface area contributed by atoms with Gasteiger partial charge in [0.1, 0.15) is 15.6 Å². The smallest absolute Gasteiger partial charge is 0.285 e. The lowest BCUT2D eigenvalue weighted by Crippen LogP contribution is -2.39. The molecule has 184 valence electrons. The quantitative estimate of drug-likeness (QED) is 0.284. The lowest BCUT2D eigenvalue weighted by atomic mass is 9.92. The maximum absolute atomic E-state index is 12.9. The number of thioether (sulfide) groups is 1. The molecule has 0 unspecified atom stereocenters. The van der Waals surface area contributed by atoms with Gasteiger partial charge in [-0.05, 0) is 74.4 Å². The van der Waals surface area contributed by atoms with Crippen molar-refractivity contribution >= 4 is 45.2 Å². The van der Waals surface area contributed by atoms with Crippen LogP contribution in [0.3, 0.4) is 0 Å². The number of pyridine rings is 1. The summed E-state index contributed by atoms with van der Waals surface area (Å²) in [4.78, 5) is 15.3. The van der Waals surface area contributed by atoms with Crippen LogP contribution >= 0.6 is 23.7 Å². The molecule has 2 saturated carbocycles. The van der Waals surface area contributed by atoms with Crippen LogP contribution < -0.4 is 4.72 Å². The second-order valence-corrected chi connectivity index (χ2v) is 11.3. The fourth-order valence-electron chi connectivity index (χ4n) is 4.32. The Morgan fingerprint density at radius 2 is 1.94 bits per heavy atom. The van der Waals surface area contributed by atoms with Gasteiger partial charge in [0.05, 0.1) is 23.3 Å². The first-order valence-electron chi connectivity index (χ1n) is 11.6. The maximum Gasteiger partial charge on any atom is 0.285 e. The summed E-state index contributed by atoms with van der Waals surface area (Å²) in [7, 11) is 0. The van der Waals surface area contributed by atoms with Gasteiger partial charge >= 0.3 is 0 Å². The van der Waals surface area contributed by atoms with Crippen molar-refractivity contribution in [1.82, 2.24) is 19.2 Å². The van der Waals surface area contributed by atoms with Crippen molar-refractivity contribution in [2.75, 3.05) is 13.1 Å². The number of hydrogen-bond donors (Lipinski definition) is 3. The highest BCUT2D eigenvalue weighted by atomic mass is 32.2. The third kappa shape index (κ3) is 5.08. The standard InChI is InChI=1S/C23H25F2N7OS2/c24-19(25)21(28)34-20(27)16-11-29-32-17(13-3-7-31(8-4-13)22(33)14-1-2-14)9-15(10-18(16)32)35-30-23(12-26)5-6-23/h9-11,13-14,19,27-28,30H,1-8H2. The number of aromatic nitrogens is 2. The number of hydrogen-bond acceptors (Lipinski definition) is 8. The number of nitrogens with one attached hydrogen (secondary N) is 3. The number of rotatable bonds is 7. The number of alkyl halides is 2. The number of carbonyl (C=O) groups is 1. The number of fused-ring (bicyclic) bond motifs is 1. The largest absolute Gasteiger partial charge is 0.342 e. The molecule has 1 aliphatic heterocycles. The minimum absolute atomic E-state index is 0.140. The van der Waals surface area contributed by atoms with Crippen LogP contribution in [0.25, 0.3) is 5.52 Å². The molecule has 0 aromatic carbocycles. The van der Waals surface area contributed by atoms with Crippen molar-refractivity contribution in [2.45, 2.75) is 61.3 Å². The molecule has 3 heterocycles. The summed E-state index contributed by atoms with van der Waals surface area (Å²) in [6.07, 6.45) is 3.67. The van der Waals surface area contributed by atoms with Gasteiger partial charge < -0.3 is 4.90 Å². The first-order valence-corrected chi connectivity index (χ1v) is 13.2. The molecule has 1 amide bonds. The fraction of sp³-hybridized carbons (Fsp3) is 0.522. The van der Waals surface area contributed by atoms with Gasteiger partial charge in [-0.2, -0.15) is 10.4 Å². The van der Waals surface area contributed by atoms with Crippen LogP contribution in [0, 0.1) is 28.1 Å². The Hall–Kier alpha value is -2.49. The molecule has 12 heteroatoms. The number of halogens is 2. The molecule has 2 aromatic rings. The number of nitrogens with zero attached hydrogens (tertiary/aromatic N) is 4. The van der Waals surface area contributed by atoms with Crippen molar-refractivity contribution in [3.63, 3.8) is 0 Å². The summed E-state index contributed by atoms with van der Waals surface area (Å²) in [5, 5.41) is 28.6. The molecule has 0 bridgehead atoms. The summed E-state index contributed by atoms with van der Waals surface area (Å²) in [6, 6.07) is 6.17. The fourth-order valence-corrected chi connectivity index (χ4v) is 5.81. The minimum Gasteiger partial charge on any atom is -0.342 e. The molecule has 1 saturated heterocycles. The average molecular weight is 518 g/mol. The molecule has 0 spiro atoms. The van der Waals surface area contributed by atoms with Crippen molar-refractivity contribution in [1.29, 1.82) is 16.1 Å². The van der Waals surface area contributed by atoms with E-state index in [0.717, 1.165) is 49.1 Å². The Kier molecular flexibility index (Phi) is 6.59. The molecule has 0 radical (unpaired) electrons. The molecule has 3 aliphatic rings. The SMILES string of the molecule is N#CC1(NSc2cc(C3CCN(C(=O)C4CC4)CC3)n3ncc(C(=N)SC(=N)C(F)F)c3c2)CC1. The summed E-state index contributed by atoms with van der Waals surface area (Å²) in [6.45, 7) is 1.36. The van der Waals surface area contributed by atoms with Gasteiger partial charge in [-0.1, -0.05) is 0 Å². The molecular weight excluding hydrogens is 492 g/mol. The van der Waals surface area contributed by atoms with E-state index in [2.05, 4.69) is 15.9 Å². The van der Waals surface area contributed by atoms with E-state index in [1.165, 1.54) is 18.1 Å². The number of nitriles is 1. The third-order valence-corrected chi connectivity index (χ3v) is 8.54. The van der Waals surface area contributed by atoms with Crippen LogP contribution in [-0.2, 0) is 4.79 Å². The average Bonchev–Trinajstić information content (AvgIpc) is 3.79. The first kappa shape index (κ1) is 24.2. The molecule has 5 rings (SSSR count). The van der Waals surface area contributed by atoms with Crippen LogP contribution in [-0.4, -0.2) is 55.6 Å². The van der Waals surface area contributed by atoms with Crippen LogP contribution in [0.2, 0.25) is 0 Å². The molecule has 0 atom stereocenters. The molecule has 2 aliphatic carbocycles. The summed E-state index contributed by atoms with van der Waals surface area (Å²) in [5.41, 5.74) is 1.39. The Labute approximate surface area is 210 Å². The van der Waals surface area contributed by atoms with Crippen LogP contribution in [0.4, 0.5) is 8.78 Å². The first-order chi connectivity index (χ1) is 16.8. The monoisotopic (exact) mass is 517 g/mol. The summed E-state index contributed by atoms with van der Waals surface area (Å²) < 4.78 is 30.8. The van der Waals surface area contributed by atoms with E-state index in [4.69, 9.17) is 10.8 Å². The number of carbonyl (C=O) groups excluding carboxylic acids is 1. The lowest BCUT2D eigenvalue weighted by Gasteiger charge is -2.32. The van der Waals surface area contributed by atoms with Gasteiger partial charge in [-0.3, -0.25) is 15.6 Å². The Bertz CT molecular complexity index is 1220. The van der Waals surface area contributed by atoms with E-state index < -0.39 is 17.0 Å². The lowest BCUT2D eigenvalue weighted by molar-refractivity contribution is -0.133. The van der Waals surface area contributed by atoms with Crippen molar-refractivity contribution in [3.8, 4) is 6.07 Å². The van der Waals surface area contributed by atoms with Gasteiger partial charge in [0.2, 0.25) is 5.91 Å². The normalized spacial score (nSPS) is 19.7. The zero-order valence-electron chi connectivity index (χ0n) is 18.9. The number of amides is 1. The third-order valence-electron chi connectivity index (χ3n) is 6.75. The summed E-state index contributed by atoms with van der Waals surface area (Å²) in [5.74, 6) is 0.589. The second-order valence-electron chi connectivity index (χ2n) is 9.34. The highest BCUT2D eigenvalue weighted by Gasteiger charge is 2.43. The van der Waals surface area contributed by atoms with E-state index in [-0.39, 0.29) is 22.8 Å². The van der Waals surface area contributed by atoms with Crippen LogP contribution in [0.5, 0.6) is 0 Å². The molecule has 2 aromatic heterocycles. The van der Waals surface area contributed by atoms with E-state index in [0.29, 0.717) is 35.9 Å². The van der Waals surface area contributed by atoms with Gasteiger partial charge in [0.15, 0.2) is 0 Å². The van der Waals surface area contributed by atoms with Crippen LogP contribution in [0.15, 0.2) is 23.2 Å². The molecule has 3 N–H and O–H groups in total. The molecule has 35 heavy (non-hydrogen) atoms. The summed E-state index contributed by atoms with van der Waals surface area (Å²) >= 11 is 1.77. The Morgan fingerprint density at radius 3 is 2.54 bits per heavy atom. The maximum atomic E-state index is 12.9. The van der Waals surface area contributed by atoms with Gasteiger partial charge in [0.25, 0.3) is 6.43 Å². The van der Waals surface area contributed by atoms with Crippen molar-refractivity contribution in [3.05, 3.63) is 29.6 Å². The zero-order valence-corrected chi connectivity index (χ0v) is 20.5. The van der Waals surface area contributed by atoms with Gasteiger partial charge in [0, 0.05) is 35.5 Å². The topological polar surface area (TPSA) is 121 Å². The zero-order chi connectivity index (χ0) is 24.7. The predicted octanol–water partition coefficient (Wildman–Crippen LogP) is 4.40. The highest BCUT2D eigenvalue weighted by Crippen LogP contribution is 2.39. The molecular formula is C23H25F2N7OS2. The predicted molar refractivity (Wildman–Crippen MR) is 131 cm³/mol. The minimum atomic E-state index is -2.93. The highest BCUT2D eigenvalue weighted by molar-refractivity contribution is 8.26. The van der Waals surface area contributed by atoms with Gasteiger partial charge in [-0.15, -0.1) is 0 Å². The van der Waals surface area contributed by atoms with Crippen LogP contribution in [0.1, 0.15) is 55.7 Å². The Balaban J connectivity index is 1.43. The van der Waals surface area contributed by atoms with E-state index in [9.17, 15) is 18.8 Å². The molecule has 8 nitrogen and oxygen atoms in total. The van der Waals surface area contributed by atoms with Crippen molar-refractivity contribution < 1.29 is 13.6 Å². The van der Waals surface area contributed by atoms with Gasteiger partial charge in [-0.25, -0.2) is 18.0 Å². The van der Waals surface area contributed by atoms with E-state index >= 15 is 0 Å². The number of piperidine rings is 1. The molecule has 3 fully saturated rings. The second kappa shape index (κ2) is 9.52. The van der Waals surface area contributed by atoms with Crippen molar-refractivity contribution in [2.24, 2.45) is 5.92 Å².